The number of carbonyl (C=O) groups is 1. The summed E-state index contributed by atoms with van der Waals surface area (Å²) in [5.41, 5.74) is 2.82. The molecule has 10 nitrogen and oxygen atoms in total. The standard InChI is InChI=1S/C20H24N6O4/c1-29-16-8-12(9-21-14-4-3-5-14)6-7-13(16)11-26-17-15(10-22-26)23-19(24-18(17)27)25-20(28)30-2/h6-8,10,14,21H,3-5,9,11H2,1-2H3,(H2,23,24,25,27,28). The maximum atomic E-state index is 11.3. The first kappa shape index (κ1) is 19.9. The summed E-state index contributed by atoms with van der Waals surface area (Å²) in [4.78, 5) is 19.4. The summed E-state index contributed by atoms with van der Waals surface area (Å²) in [6.07, 6.45) is 4.56. The van der Waals surface area contributed by atoms with Crippen molar-refractivity contribution in [3.05, 3.63) is 35.5 Å². The Morgan fingerprint density at radius 1 is 1.30 bits per heavy atom. The third kappa shape index (κ3) is 4.13. The van der Waals surface area contributed by atoms with E-state index in [1.54, 1.807) is 11.8 Å². The fourth-order valence-electron chi connectivity index (χ4n) is 3.36. The largest absolute Gasteiger partial charge is 0.496 e. The van der Waals surface area contributed by atoms with Crippen LogP contribution in [0.4, 0.5) is 10.7 Å². The normalized spacial score (nSPS) is 13.8. The Labute approximate surface area is 173 Å². The van der Waals surface area contributed by atoms with Gasteiger partial charge in [0, 0.05) is 18.2 Å². The fraction of sp³-hybridized carbons (Fsp3) is 0.400. The molecular weight excluding hydrogens is 388 g/mol. The van der Waals surface area contributed by atoms with Gasteiger partial charge >= 0.3 is 6.09 Å². The molecule has 10 heteroatoms. The van der Waals surface area contributed by atoms with Gasteiger partial charge in [0.05, 0.1) is 27.0 Å². The fourth-order valence-corrected chi connectivity index (χ4v) is 3.36. The van der Waals surface area contributed by atoms with Crippen LogP contribution in [0.25, 0.3) is 11.0 Å². The first-order valence-corrected chi connectivity index (χ1v) is 9.74. The molecule has 1 saturated carbocycles. The number of nitrogens with zero attached hydrogens (tertiary/aromatic N) is 4. The van der Waals surface area contributed by atoms with Gasteiger partial charge in [-0.15, -0.1) is 0 Å². The van der Waals surface area contributed by atoms with Gasteiger partial charge < -0.3 is 19.9 Å². The minimum Gasteiger partial charge on any atom is -0.496 e. The molecule has 3 aromatic rings. The highest BCUT2D eigenvalue weighted by Crippen LogP contribution is 2.27. The number of hydrogen-bond donors (Lipinski definition) is 3. The van der Waals surface area contributed by atoms with Crippen LogP contribution in [-0.2, 0) is 17.8 Å². The van der Waals surface area contributed by atoms with E-state index in [4.69, 9.17) is 4.74 Å². The number of fused-ring (bicyclic) bond motifs is 1. The van der Waals surface area contributed by atoms with E-state index in [-0.39, 0.29) is 11.8 Å². The number of ether oxygens (including phenoxy) is 2. The lowest BCUT2D eigenvalue weighted by molar-refractivity contribution is 0.186. The quantitative estimate of drug-likeness (QED) is 0.541. The maximum Gasteiger partial charge on any atom is 0.413 e. The molecule has 0 radical (unpaired) electrons. The number of aromatic nitrogens is 4. The lowest BCUT2D eigenvalue weighted by Crippen LogP contribution is -2.34. The summed E-state index contributed by atoms with van der Waals surface area (Å²) >= 11 is 0. The van der Waals surface area contributed by atoms with Crippen LogP contribution in [0.1, 0.15) is 30.4 Å². The number of methoxy groups -OCH3 is 2. The monoisotopic (exact) mass is 412 g/mol. The topological polar surface area (TPSA) is 123 Å². The third-order valence-corrected chi connectivity index (χ3v) is 5.24. The number of carbonyl (C=O) groups excluding carboxylic acids is 1. The van der Waals surface area contributed by atoms with Crippen molar-refractivity contribution in [2.24, 2.45) is 0 Å². The highest BCUT2D eigenvalue weighted by atomic mass is 16.5. The first-order valence-electron chi connectivity index (χ1n) is 9.74. The lowest BCUT2D eigenvalue weighted by atomic mass is 9.93. The van der Waals surface area contributed by atoms with E-state index in [2.05, 4.69) is 36.5 Å². The van der Waals surface area contributed by atoms with Gasteiger partial charge in [0.2, 0.25) is 11.8 Å². The SMILES string of the molecule is COC(=O)Nc1nc(O)c2c(cnn2Cc2ccc(CNC3CCC3)cc2OC)n1. The number of aromatic hydroxyl groups is 1. The van der Waals surface area contributed by atoms with Crippen LogP contribution in [-0.4, -0.2) is 51.2 Å². The summed E-state index contributed by atoms with van der Waals surface area (Å²) in [7, 11) is 2.86. The second-order valence-electron chi connectivity index (χ2n) is 7.18. The predicted molar refractivity (Wildman–Crippen MR) is 110 cm³/mol. The second-order valence-corrected chi connectivity index (χ2v) is 7.18. The number of amides is 1. The molecule has 0 saturated heterocycles. The van der Waals surface area contributed by atoms with Crippen LogP contribution < -0.4 is 15.4 Å². The van der Waals surface area contributed by atoms with Gasteiger partial charge in [0.25, 0.3) is 0 Å². The molecular formula is C20H24N6O4. The summed E-state index contributed by atoms with van der Waals surface area (Å²) in [5.74, 6) is 0.396. The number of anilines is 1. The minimum absolute atomic E-state index is 0.0627. The average Bonchev–Trinajstić information content (AvgIpc) is 3.10. The van der Waals surface area contributed by atoms with Gasteiger partial charge in [0.1, 0.15) is 16.8 Å². The molecule has 2 heterocycles. The Morgan fingerprint density at radius 2 is 2.13 bits per heavy atom. The van der Waals surface area contributed by atoms with E-state index >= 15 is 0 Å². The van der Waals surface area contributed by atoms with Crippen molar-refractivity contribution < 1.29 is 19.4 Å². The highest BCUT2D eigenvalue weighted by Gasteiger charge is 2.18. The molecule has 2 aromatic heterocycles. The molecule has 0 bridgehead atoms. The van der Waals surface area contributed by atoms with Crippen molar-refractivity contribution in [3.8, 4) is 11.6 Å². The molecule has 4 rings (SSSR count). The van der Waals surface area contributed by atoms with Crippen LogP contribution in [0.3, 0.4) is 0 Å². The van der Waals surface area contributed by atoms with Crippen molar-refractivity contribution in [1.82, 2.24) is 25.1 Å². The van der Waals surface area contributed by atoms with Gasteiger partial charge in [-0.3, -0.25) is 10.00 Å². The molecule has 158 valence electrons. The zero-order valence-electron chi connectivity index (χ0n) is 16.9. The number of hydrogen-bond acceptors (Lipinski definition) is 8. The van der Waals surface area contributed by atoms with Gasteiger partial charge in [-0.2, -0.15) is 10.1 Å². The van der Waals surface area contributed by atoms with Crippen molar-refractivity contribution in [2.75, 3.05) is 19.5 Å². The molecule has 0 aliphatic heterocycles. The maximum absolute atomic E-state index is 11.3. The van der Waals surface area contributed by atoms with E-state index in [0.29, 0.717) is 23.6 Å². The van der Waals surface area contributed by atoms with Crippen LogP contribution in [0, 0.1) is 0 Å². The van der Waals surface area contributed by atoms with Crippen molar-refractivity contribution in [3.63, 3.8) is 0 Å². The zero-order chi connectivity index (χ0) is 21.1. The molecule has 1 aromatic carbocycles. The number of nitrogens with one attached hydrogen (secondary N) is 2. The van der Waals surface area contributed by atoms with Crippen LogP contribution in [0.5, 0.6) is 11.6 Å². The highest BCUT2D eigenvalue weighted by molar-refractivity contribution is 5.86. The van der Waals surface area contributed by atoms with E-state index in [1.807, 2.05) is 12.1 Å². The average molecular weight is 412 g/mol. The van der Waals surface area contributed by atoms with Gasteiger partial charge in [-0.1, -0.05) is 18.6 Å². The van der Waals surface area contributed by atoms with Gasteiger partial charge in [0.15, 0.2) is 0 Å². The molecule has 1 amide bonds. The van der Waals surface area contributed by atoms with E-state index in [1.165, 1.54) is 32.6 Å². The van der Waals surface area contributed by atoms with E-state index in [9.17, 15) is 9.90 Å². The second kappa shape index (κ2) is 8.54. The minimum atomic E-state index is -0.724. The first-order chi connectivity index (χ1) is 14.6. The van der Waals surface area contributed by atoms with Crippen LogP contribution in [0.15, 0.2) is 24.4 Å². The Bertz CT molecular complexity index is 1060. The van der Waals surface area contributed by atoms with Crippen molar-refractivity contribution in [1.29, 1.82) is 0 Å². The summed E-state index contributed by atoms with van der Waals surface area (Å²) < 4.78 is 11.7. The van der Waals surface area contributed by atoms with E-state index in [0.717, 1.165) is 23.4 Å². The van der Waals surface area contributed by atoms with Gasteiger partial charge in [-0.25, -0.2) is 9.78 Å². The predicted octanol–water partition coefficient (Wildman–Crippen LogP) is 2.41. The molecule has 1 fully saturated rings. The summed E-state index contributed by atoms with van der Waals surface area (Å²) in [6.45, 7) is 1.17. The molecule has 0 atom stereocenters. The van der Waals surface area contributed by atoms with Crippen LogP contribution in [0.2, 0.25) is 0 Å². The molecule has 3 N–H and O–H groups in total. The summed E-state index contributed by atoms with van der Waals surface area (Å²) in [6, 6.07) is 6.69. The Balaban J connectivity index is 1.55. The lowest BCUT2D eigenvalue weighted by Gasteiger charge is -2.26. The molecule has 0 spiro atoms. The Morgan fingerprint density at radius 3 is 2.83 bits per heavy atom. The van der Waals surface area contributed by atoms with Gasteiger partial charge in [-0.05, 0) is 24.5 Å². The van der Waals surface area contributed by atoms with E-state index < -0.39 is 6.09 Å². The molecule has 1 aliphatic rings. The number of rotatable bonds is 7. The number of benzene rings is 1. The molecule has 30 heavy (non-hydrogen) atoms. The Hall–Kier alpha value is -3.40. The molecule has 0 unspecified atom stereocenters. The van der Waals surface area contributed by atoms with Crippen molar-refractivity contribution in [2.45, 2.75) is 38.4 Å². The Kier molecular flexibility index (Phi) is 5.66. The van der Waals surface area contributed by atoms with Crippen molar-refractivity contribution >= 4 is 23.1 Å². The third-order valence-electron chi connectivity index (χ3n) is 5.24. The van der Waals surface area contributed by atoms with Crippen LogP contribution >= 0.6 is 0 Å². The zero-order valence-corrected chi connectivity index (χ0v) is 16.9. The molecule has 1 aliphatic carbocycles. The summed E-state index contributed by atoms with van der Waals surface area (Å²) in [5, 5.41) is 20.5. The smallest absolute Gasteiger partial charge is 0.413 e.